The molecule has 2 N–H and O–H groups in total. The van der Waals surface area contributed by atoms with E-state index in [0.29, 0.717) is 0 Å². The van der Waals surface area contributed by atoms with Crippen molar-refractivity contribution in [2.75, 3.05) is 11.8 Å². The van der Waals surface area contributed by atoms with Crippen LogP contribution in [0.1, 0.15) is 13.8 Å². The van der Waals surface area contributed by atoms with Gasteiger partial charge in [-0.15, -0.1) is 0 Å². The summed E-state index contributed by atoms with van der Waals surface area (Å²) in [5, 5.41) is 1.69. The van der Waals surface area contributed by atoms with Crippen LogP contribution in [0.15, 0.2) is 70.5 Å². The van der Waals surface area contributed by atoms with Crippen molar-refractivity contribution in [2.24, 2.45) is 0 Å². The van der Waals surface area contributed by atoms with E-state index in [1.54, 1.807) is 26.0 Å². The first kappa shape index (κ1) is 21.1. The molecule has 0 heterocycles. The molecule has 3 aromatic rings. The number of benzene rings is 3. The largest absolute Gasteiger partial charge is 0.495 e. The lowest BCUT2D eigenvalue weighted by molar-refractivity contribution is 0.416. The van der Waals surface area contributed by atoms with Gasteiger partial charge >= 0.3 is 0 Å². The van der Waals surface area contributed by atoms with Crippen LogP contribution >= 0.6 is 0 Å². The van der Waals surface area contributed by atoms with Crippen molar-refractivity contribution in [3.05, 3.63) is 60.7 Å². The van der Waals surface area contributed by atoms with Crippen LogP contribution in [0.4, 0.5) is 5.69 Å². The molecule has 0 saturated heterocycles. The van der Waals surface area contributed by atoms with Crippen LogP contribution in [0.25, 0.3) is 10.8 Å². The van der Waals surface area contributed by atoms with Gasteiger partial charge in [0.1, 0.15) is 5.75 Å². The Kier molecular flexibility index (Phi) is 5.83. The molecule has 0 spiro atoms. The van der Waals surface area contributed by atoms with E-state index < -0.39 is 20.0 Å². The third-order valence-corrected chi connectivity index (χ3v) is 7.17. The molecule has 0 aromatic heterocycles. The van der Waals surface area contributed by atoms with Crippen LogP contribution in [-0.2, 0) is 20.0 Å². The molecule has 0 saturated carbocycles. The molecule has 3 aromatic carbocycles. The lowest BCUT2D eigenvalue weighted by Crippen LogP contribution is -2.30. The van der Waals surface area contributed by atoms with Crippen molar-refractivity contribution in [1.82, 2.24) is 4.72 Å². The van der Waals surface area contributed by atoms with E-state index in [1.165, 1.54) is 31.4 Å². The van der Waals surface area contributed by atoms with Crippen LogP contribution in [0.3, 0.4) is 0 Å². The molecule has 0 aliphatic heterocycles. The summed E-state index contributed by atoms with van der Waals surface area (Å²) < 4.78 is 60.8. The first-order valence-corrected chi connectivity index (χ1v) is 11.8. The summed E-state index contributed by atoms with van der Waals surface area (Å²) in [7, 11) is -6.39. The van der Waals surface area contributed by atoms with Crippen molar-refractivity contribution in [3.63, 3.8) is 0 Å². The smallest absolute Gasteiger partial charge is 0.262 e. The molecule has 29 heavy (non-hydrogen) atoms. The van der Waals surface area contributed by atoms with Crippen molar-refractivity contribution in [2.45, 2.75) is 29.7 Å². The summed E-state index contributed by atoms with van der Waals surface area (Å²) >= 11 is 0. The van der Waals surface area contributed by atoms with E-state index in [2.05, 4.69) is 9.44 Å². The lowest BCUT2D eigenvalue weighted by Gasteiger charge is -2.15. The Morgan fingerprint density at radius 2 is 1.41 bits per heavy atom. The summed E-state index contributed by atoms with van der Waals surface area (Å²) in [6, 6.07) is 15.9. The summed E-state index contributed by atoms with van der Waals surface area (Å²) in [4.78, 5) is -0.00460. The van der Waals surface area contributed by atoms with Gasteiger partial charge in [0, 0.05) is 6.04 Å². The zero-order valence-electron chi connectivity index (χ0n) is 16.2. The molecule has 0 atom stereocenters. The normalized spacial score (nSPS) is 12.3. The summed E-state index contributed by atoms with van der Waals surface area (Å²) in [5.41, 5.74) is 0.0345. The van der Waals surface area contributed by atoms with Crippen LogP contribution in [0, 0.1) is 0 Å². The SMILES string of the molecule is COc1ccc(S(=O)(=O)NC(C)C)cc1NS(=O)(=O)c1ccc2ccccc2c1. The van der Waals surface area contributed by atoms with Gasteiger partial charge in [-0.25, -0.2) is 21.6 Å². The fourth-order valence-electron chi connectivity index (χ4n) is 2.85. The van der Waals surface area contributed by atoms with Gasteiger partial charge in [-0.1, -0.05) is 30.3 Å². The summed E-state index contributed by atoms with van der Waals surface area (Å²) in [6.07, 6.45) is 0. The second-order valence-electron chi connectivity index (χ2n) is 6.75. The number of hydrogen-bond donors (Lipinski definition) is 2. The number of methoxy groups -OCH3 is 1. The maximum absolute atomic E-state index is 12.9. The predicted octanol–water partition coefficient (Wildman–Crippen LogP) is 3.34. The number of fused-ring (bicyclic) bond motifs is 1. The van der Waals surface area contributed by atoms with Gasteiger partial charge in [-0.05, 0) is 55.0 Å². The highest BCUT2D eigenvalue weighted by Gasteiger charge is 2.21. The molecule has 0 fully saturated rings. The van der Waals surface area contributed by atoms with Crippen molar-refractivity contribution in [3.8, 4) is 5.75 Å². The summed E-state index contributed by atoms with van der Waals surface area (Å²) in [5.74, 6) is 0.206. The fraction of sp³-hybridized carbons (Fsp3) is 0.200. The number of anilines is 1. The zero-order chi connectivity index (χ0) is 21.2. The summed E-state index contributed by atoms with van der Waals surface area (Å²) in [6.45, 7) is 3.40. The number of nitrogens with one attached hydrogen (secondary N) is 2. The lowest BCUT2D eigenvalue weighted by atomic mass is 10.1. The van der Waals surface area contributed by atoms with Crippen LogP contribution < -0.4 is 14.2 Å². The van der Waals surface area contributed by atoms with Crippen LogP contribution in [0.5, 0.6) is 5.75 Å². The molecule has 0 unspecified atom stereocenters. The standard InChI is InChI=1S/C20H22N2O5S2/c1-14(2)21-28(23,24)18-10-11-20(27-3)19(13-18)22-29(25,26)17-9-8-15-6-4-5-7-16(15)12-17/h4-14,21-22H,1-3H3. The van der Waals surface area contributed by atoms with E-state index in [-0.39, 0.29) is 27.3 Å². The molecular formula is C20H22N2O5S2. The fourth-order valence-corrected chi connectivity index (χ4v) is 5.22. The number of sulfonamides is 2. The molecule has 0 aliphatic rings. The second kappa shape index (κ2) is 8.02. The highest BCUT2D eigenvalue weighted by molar-refractivity contribution is 7.92. The van der Waals surface area contributed by atoms with Crippen LogP contribution in [-0.4, -0.2) is 30.0 Å². The highest BCUT2D eigenvalue weighted by Crippen LogP contribution is 2.30. The Labute approximate surface area is 170 Å². The minimum atomic E-state index is -3.97. The predicted molar refractivity (Wildman–Crippen MR) is 113 cm³/mol. The van der Waals surface area contributed by atoms with E-state index in [4.69, 9.17) is 4.74 Å². The maximum Gasteiger partial charge on any atom is 0.262 e. The molecule has 0 amide bonds. The molecular weight excluding hydrogens is 412 g/mol. The Morgan fingerprint density at radius 1 is 0.793 bits per heavy atom. The molecule has 0 bridgehead atoms. The average molecular weight is 435 g/mol. The second-order valence-corrected chi connectivity index (χ2v) is 10.1. The molecule has 3 rings (SSSR count). The molecule has 0 radical (unpaired) electrons. The third kappa shape index (κ3) is 4.69. The van der Waals surface area contributed by atoms with Crippen molar-refractivity contribution < 1.29 is 21.6 Å². The zero-order valence-corrected chi connectivity index (χ0v) is 17.8. The number of hydrogen-bond acceptors (Lipinski definition) is 5. The van der Waals surface area contributed by atoms with E-state index in [0.717, 1.165) is 10.8 Å². The Balaban J connectivity index is 2.01. The van der Waals surface area contributed by atoms with Gasteiger partial charge in [0.25, 0.3) is 10.0 Å². The van der Waals surface area contributed by atoms with E-state index in [1.807, 2.05) is 24.3 Å². The van der Waals surface area contributed by atoms with Gasteiger partial charge in [0.05, 0.1) is 22.6 Å². The number of rotatable bonds is 7. The Morgan fingerprint density at radius 3 is 2.07 bits per heavy atom. The minimum Gasteiger partial charge on any atom is -0.495 e. The Bertz CT molecular complexity index is 1250. The molecule has 7 nitrogen and oxygen atoms in total. The third-order valence-electron chi connectivity index (χ3n) is 4.15. The maximum atomic E-state index is 12.9. The van der Waals surface area contributed by atoms with Crippen molar-refractivity contribution in [1.29, 1.82) is 0 Å². The van der Waals surface area contributed by atoms with Gasteiger partial charge in [-0.2, -0.15) is 0 Å². The molecule has 9 heteroatoms. The first-order valence-electron chi connectivity index (χ1n) is 8.84. The monoisotopic (exact) mass is 434 g/mol. The average Bonchev–Trinajstić information content (AvgIpc) is 2.66. The van der Waals surface area contributed by atoms with Gasteiger partial charge < -0.3 is 4.74 Å². The van der Waals surface area contributed by atoms with E-state index >= 15 is 0 Å². The topological polar surface area (TPSA) is 102 Å². The van der Waals surface area contributed by atoms with Crippen LogP contribution in [0.2, 0.25) is 0 Å². The minimum absolute atomic E-state index is 0.0345. The molecule has 154 valence electrons. The Hall–Kier alpha value is -2.62. The van der Waals surface area contributed by atoms with Gasteiger partial charge in [0.2, 0.25) is 10.0 Å². The molecule has 0 aliphatic carbocycles. The van der Waals surface area contributed by atoms with Gasteiger partial charge in [0.15, 0.2) is 0 Å². The quantitative estimate of drug-likeness (QED) is 0.594. The van der Waals surface area contributed by atoms with E-state index in [9.17, 15) is 16.8 Å². The first-order chi connectivity index (χ1) is 13.6. The number of ether oxygens (including phenoxy) is 1. The highest BCUT2D eigenvalue weighted by atomic mass is 32.2. The van der Waals surface area contributed by atoms with Crippen molar-refractivity contribution >= 4 is 36.5 Å². The van der Waals surface area contributed by atoms with Gasteiger partial charge in [-0.3, -0.25) is 4.72 Å².